The van der Waals surface area contributed by atoms with Crippen LogP contribution in [-0.4, -0.2) is 35.8 Å². The van der Waals surface area contributed by atoms with Crippen LogP contribution in [0.3, 0.4) is 0 Å². The summed E-state index contributed by atoms with van der Waals surface area (Å²) in [5.74, 6) is -1.00. The van der Waals surface area contributed by atoms with Gasteiger partial charge in [0.1, 0.15) is 5.69 Å². The van der Waals surface area contributed by atoms with Crippen LogP contribution in [0, 0.1) is 5.92 Å². The fourth-order valence-electron chi connectivity index (χ4n) is 1.84. The second kappa shape index (κ2) is 6.00. The van der Waals surface area contributed by atoms with E-state index in [1.54, 1.807) is 0 Å². The molecular formula is C12H14F2N2O4. The highest BCUT2D eigenvalue weighted by Gasteiger charge is 2.33. The van der Waals surface area contributed by atoms with Gasteiger partial charge in [-0.2, -0.15) is 13.8 Å². The Morgan fingerprint density at radius 2 is 2.20 bits per heavy atom. The van der Waals surface area contributed by atoms with E-state index in [-0.39, 0.29) is 23.4 Å². The SMILES string of the molecule is COc1ccc(NC(=O)C2CC(O)C2)c(OC(F)F)n1. The molecule has 0 radical (unpaired) electrons. The summed E-state index contributed by atoms with van der Waals surface area (Å²) in [6, 6.07) is 2.79. The van der Waals surface area contributed by atoms with E-state index < -0.39 is 18.6 Å². The van der Waals surface area contributed by atoms with E-state index in [1.807, 2.05) is 0 Å². The molecule has 0 spiro atoms. The molecule has 1 fully saturated rings. The van der Waals surface area contributed by atoms with E-state index in [4.69, 9.17) is 9.84 Å². The highest BCUT2D eigenvalue weighted by Crippen LogP contribution is 2.31. The Morgan fingerprint density at radius 3 is 2.75 bits per heavy atom. The minimum atomic E-state index is -3.06. The number of nitrogens with zero attached hydrogens (tertiary/aromatic N) is 1. The number of amides is 1. The van der Waals surface area contributed by atoms with Gasteiger partial charge in [0.05, 0.1) is 13.2 Å². The van der Waals surface area contributed by atoms with Crippen LogP contribution >= 0.6 is 0 Å². The molecule has 6 nitrogen and oxygen atoms in total. The third-order valence-electron chi connectivity index (χ3n) is 2.99. The number of carbonyl (C=O) groups excluding carboxylic acids is 1. The molecule has 1 aliphatic carbocycles. The van der Waals surface area contributed by atoms with E-state index in [0.717, 1.165) is 0 Å². The van der Waals surface area contributed by atoms with Crippen LogP contribution in [0.25, 0.3) is 0 Å². The highest BCUT2D eigenvalue weighted by molar-refractivity contribution is 5.94. The monoisotopic (exact) mass is 288 g/mol. The van der Waals surface area contributed by atoms with Gasteiger partial charge < -0.3 is 19.9 Å². The number of hydrogen-bond donors (Lipinski definition) is 2. The van der Waals surface area contributed by atoms with Gasteiger partial charge in [0.2, 0.25) is 17.7 Å². The molecule has 110 valence electrons. The van der Waals surface area contributed by atoms with Crippen molar-refractivity contribution in [2.45, 2.75) is 25.6 Å². The standard InChI is InChI=1S/C12H14F2N2O4/c1-19-9-3-2-8(11(16-9)20-12(13)14)15-10(18)6-4-7(17)5-6/h2-3,6-7,12,17H,4-5H2,1H3,(H,15,18). The van der Waals surface area contributed by atoms with Gasteiger partial charge in [-0.1, -0.05) is 0 Å². The molecule has 2 rings (SSSR count). The molecule has 0 saturated heterocycles. The number of hydrogen-bond acceptors (Lipinski definition) is 5. The van der Waals surface area contributed by atoms with Gasteiger partial charge >= 0.3 is 6.61 Å². The molecular weight excluding hydrogens is 274 g/mol. The minimum absolute atomic E-state index is 0.0393. The lowest BCUT2D eigenvalue weighted by Gasteiger charge is -2.30. The zero-order chi connectivity index (χ0) is 14.7. The summed E-state index contributed by atoms with van der Waals surface area (Å²) in [5.41, 5.74) is 0.0393. The quantitative estimate of drug-likeness (QED) is 0.856. The van der Waals surface area contributed by atoms with Crippen LogP contribution < -0.4 is 14.8 Å². The van der Waals surface area contributed by atoms with Gasteiger partial charge in [0.25, 0.3) is 0 Å². The van der Waals surface area contributed by atoms with Crippen LogP contribution in [0.15, 0.2) is 12.1 Å². The molecule has 0 aromatic carbocycles. The summed E-state index contributed by atoms with van der Waals surface area (Å²) in [6.45, 7) is -3.06. The van der Waals surface area contributed by atoms with Crippen molar-refractivity contribution in [3.63, 3.8) is 0 Å². The van der Waals surface area contributed by atoms with Crippen molar-refractivity contribution >= 4 is 11.6 Å². The van der Waals surface area contributed by atoms with Gasteiger partial charge in [-0.25, -0.2) is 0 Å². The van der Waals surface area contributed by atoms with E-state index >= 15 is 0 Å². The molecule has 20 heavy (non-hydrogen) atoms. The number of methoxy groups -OCH3 is 1. The van der Waals surface area contributed by atoms with Crippen molar-refractivity contribution in [2.75, 3.05) is 12.4 Å². The number of halogens is 2. The Bertz CT molecular complexity index is 492. The number of aliphatic hydroxyl groups excluding tert-OH is 1. The number of rotatable bonds is 5. The number of aromatic nitrogens is 1. The molecule has 2 N–H and O–H groups in total. The number of ether oxygens (including phenoxy) is 2. The van der Waals surface area contributed by atoms with Gasteiger partial charge in [-0.3, -0.25) is 4.79 Å². The van der Waals surface area contributed by atoms with E-state index in [0.29, 0.717) is 12.8 Å². The number of aliphatic hydroxyl groups is 1. The highest BCUT2D eigenvalue weighted by atomic mass is 19.3. The predicted molar refractivity (Wildman–Crippen MR) is 64.8 cm³/mol. The maximum Gasteiger partial charge on any atom is 0.388 e. The molecule has 1 aromatic rings. The second-order valence-electron chi connectivity index (χ2n) is 4.40. The second-order valence-corrected chi connectivity index (χ2v) is 4.40. The zero-order valence-electron chi connectivity index (χ0n) is 10.7. The summed E-state index contributed by atoms with van der Waals surface area (Å²) in [5, 5.41) is 11.6. The Labute approximate surface area is 113 Å². The molecule has 0 unspecified atom stereocenters. The van der Waals surface area contributed by atoms with Crippen molar-refractivity contribution in [1.29, 1.82) is 0 Å². The summed E-state index contributed by atoms with van der Waals surface area (Å²) < 4.78 is 33.7. The van der Waals surface area contributed by atoms with Crippen molar-refractivity contribution in [1.82, 2.24) is 4.98 Å². The smallest absolute Gasteiger partial charge is 0.388 e. The lowest BCUT2D eigenvalue weighted by Crippen LogP contribution is -2.37. The van der Waals surface area contributed by atoms with Crippen LogP contribution in [0.1, 0.15) is 12.8 Å². The third kappa shape index (κ3) is 3.32. The predicted octanol–water partition coefficient (Wildman–Crippen LogP) is 1.40. The Kier molecular flexibility index (Phi) is 4.33. The maximum absolute atomic E-state index is 12.3. The maximum atomic E-state index is 12.3. The van der Waals surface area contributed by atoms with Crippen molar-refractivity contribution in [3.8, 4) is 11.8 Å². The summed E-state index contributed by atoms with van der Waals surface area (Å²) in [7, 11) is 1.34. The zero-order valence-corrected chi connectivity index (χ0v) is 10.7. The molecule has 1 saturated carbocycles. The normalized spacial score (nSPS) is 21.2. The van der Waals surface area contributed by atoms with Gasteiger partial charge in [0, 0.05) is 12.0 Å². The van der Waals surface area contributed by atoms with E-state index in [2.05, 4.69) is 15.0 Å². The number of carbonyl (C=O) groups is 1. The minimum Gasteiger partial charge on any atom is -0.481 e. The van der Waals surface area contributed by atoms with Crippen LogP contribution in [0.2, 0.25) is 0 Å². The first-order valence-corrected chi connectivity index (χ1v) is 5.98. The summed E-state index contributed by atoms with van der Waals surface area (Å²) in [6.07, 6.45) is 0.248. The first-order chi connectivity index (χ1) is 9.49. The largest absolute Gasteiger partial charge is 0.481 e. The average molecular weight is 288 g/mol. The summed E-state index contributed by atoms with van der Waals surface area (Å²) >= 11 is 0. The molecule has 1 heterocycles. The molecule has 1 amide bonds. The topological polar surface area (TPSA) is 80.7 Å². The first kappa shape index (κ1) is 14.4. The molecule has 0 aliphatic heterocycles. The Morgan fingerprint density at radius 1 is 1.50 bits per heavy atom. The van der Waals surface area contributed by atoms with Gasteiger partial charge in [0.15, 0.2) is 0 Å². The molecule has 1 aromatic heterocycles. The molecule has 1 aliphatic rings. The van der Waals surface area contributed by atoms with Crippen molar-refractivity contribution in [2.24, 2.45) is 5.92 Å². The van der Waals surface area contributed by atoms with E-state index in [1.165, 1.54) is 19.2 Å². The van der Waals surface area contributed by atoms with Crippen LogP contribution in [0.5, 0.6) is 11.8 Å². The average Bonchev–Trinajstić information content (AvgIpc) is 2.36. The number of pyridine rings is 1. The van der Waals surface area contributed by atoms with Crippen molar-refractivity contribution in [3.05, 3.63) is 12.1 Å². The fourth-order valence-corrected chi connectivity index (χ4v) is 1.84. The Balaban J connectivity index is 2.11. The fraction of sp³-hybridized carbons (Fsp3) is 0.500. The number of nitrogens with one attached hydrogen (secondary N) is 1. The van der Waals surface area contributed by atoms with Crippen LogP contribution in [-0.2, 0) is 4.79 Å². The molecule has 0 atom stereocenters. The lowest BCUT2D eigenvalue weighted by atomic mass is 9.82. The van der Waals surface area contributed by atoms with Crippen molar-refractivity contribution < 1.29 is 28.2 Å². The summed E-state index contributed by atoms with van der Waals surface area (Å²) in [4.78, 5) is 15.5. The first-order valence-electron chi connectivity index (χ1n) is 5.98. The third-order valence-corrected chi connectivity index (χ3v) is 2.99. The number of alkyl halides is 2. The number of anilines is 1. The van der Waals surface area contributed by atoms with Crippen LogP contribution in [0.4, 0.5) is 14.5 Å². The van der Waals surface area contributed by atoms with Gasteiger partial charge in [-0.15, -0.1) is 0 Å². The van der Waals surface area contributed by atoms with E-state index in [9.17, 15) is 13.6 Å². The molecule has 8 heteroatoms. The van der Waals surface area contributed by atoms with Gasteiger partial charge in [-0.05, 0) is 18.9 Å². The molecule has 0 bridgehead atoms. The lowest BCUT2D eigenvalue weighted by molar-refractivity contribution is -0.126. The Hall–Kier alpha value is -1.96.